The fourth-order valence-electron chi connectivity index (χ4n) is 3.00. The predicted octanol–water partition coefficient (Wildman–Crippen LogP) is 2.92. The zero-order valence-corrected chi connectivity index (χ0v) is 13.7. The van der Waals surface area contributed by atoms with E-state index < -0.39 is 0 Å². The second-order valence-electron chi connectivity index (χ2n) is 6.06. The third-order valence-electron chi connectivity index (χ3n) is 4.49. The van der Waals surface area contributed by atoms with E-state index in [2.05, 4.69) is 27.4 Å². The lowest BCUT2D eigenvalue weighted by atomic mass is 9.95. The van der Waals surface area contributed by atoms with Crippen LogP contribution >= 0.6 is 0 Å². The molecule has 0 saturated carbocycles. The van der Waals surface area contributed by atoms with Gasteiger partial charge in [-0.25, -0.2) is 14.8 Å². The van der Waals surface area contributed by atoms with Gasteiger partial charge in [0.25, 0.3) is 0 Å². The Morgan fingerprint density at radius 1 is 1.20 bits per heavy atom. The molecule has 25 heavy (non-hydrogen) atoms. The van der Waals surface area contributed by atoms with Gasteiger partial charge in [-0.15, -0.1) is 0 Å². The third-order valence-corrected chi connectivity index (χ3v) is 4.49. The molecule has 1 aliphatic rings. The largest absolute Gasteiger partial charge is 0.334 e. The van der Waals surface area contributed by atoms with Gasteiger partial charge in [-0.1, -0.05) is 36.4 Å². The topological polar surface area (TPSA) is 63.1 Å². The van der Waals surface area contributed by atoms with Gasteiger partial charge >= 0.3 is 6.03 Å². The Hall–Kier alpha value is -3.15. The molecular weight excluding hydrogens is 314 g/mol. The van der Waals surface area contributed by atoms with Gasteiger partial charge in [0.15, 0.2) is 0 Å². The van der Waals surface area contributed by atoms with Crippen LogP contribution in [-0.4, -0.2) is 32.0 Å². The van der Waals surface area contributed by atoms with Crippen molar-refractivity contribution in [2.45, 2.75) is 19.0 Å². The molecule has 0 radical (unpaired) electrons. The molecule has 1 aliphatic heterocycles. The maximum atomic E-state index is 12.4. The monoisotopic (exact) mass is 333 g/mol. The molecule has 6 nitrogen and oxygen atoms in total. The normalized spacial score (nSPS) is 16.3. The number of hydrogen-bond donors (Lipinski definition) is 1. The highest BCUT2D eigenvalue weighted by molar-refractivity contribution is 5.75. The molecule has 1 atom stereocenters. The number of hydrogen-bond acceptors (Lipinski definition) is 3. The molecule has 3 aromatic rings. The van der Waals surface area contributed by atoms with Gasteiger partial charge in [0, 0.05) is 31.7 Å². The zero-order valence-electron chi connectivity index (χ0n) is 13.7. The third kappa shape index (κ3) is 3.24. The van der Waals surface area contributed by atoms with Crippen molar-refractivity contribution >= 4 is 6.03 Å². The highest BCUT2D eigenvalue weighted by atomic mass is 16.2. The minimum absolute atomic E-state index is 0.0289. The fraction of sp³-hybridized carbons (Fsp3) is 0.211. The number of rotatable bonds is 4. The van der Waals surface area contributed by atoms with Crippen molar-refractivity contribution in [2.75, 3.05) is 6.54 Å². The Morgan fingerprint density at radius 2 is 2.08 bits per heavy atom. The van der Waals surface area contributed by atoms with Crippen LogP contribution in [0, 0.1) is 0 Å². The number of carbonyl (C=O) groups is 1. The molecule has 1 fully saturated rings. The summed E-state index contributed by atoms with van der Waals surface area (Å²) in [7, 11) is 0. The van der Waals surface area contributed by atoms with Crippen molar-refractivity contribution in [3.8, 4) is 5.82 Å². The Balaban J connectivity index is 1.34. The number of urea groups is 1. The lowest BCUT2D eigenvalue weighted by Gasteiger charge is -2.41. The van der Waals surface area contributed by atoms with Gasteiger partial charge in [0.2, 0.25) is 0 Å². The van der Waals surface area contributed by atoms with Crippen LogP contribution in [0.15, 0.2) is 67.4 Å². The van der Waals surface area contributed by atoms with E-state index in [4.69, 9.17) is 0 Å². The summed E-state index contributed by atoms with van der Waals surface area (Å²) >= 11 is 0. The van der Waals surface area contributed by atoms with Crippen LogP contribution in [0.2, 0.25) is 0 Å². The highest BCUT2D eigenvalue weighted by Crippen LogP contribution is 2.32. The Kier molecular flexibility index (Phi) is 4.16. The predicted molar refractivity (Wildman–Crippen MR) is 94.1 cm³/mol. The van der Waals surface area contributed by atoms with Gasteiger partial charge in [0.05, 0.1) is 6.04 Å². The van der Waals surface area contributed by atoms with E-state index in [1.165, 1.54) is 5.56 Å². The fourth-order valence-corrected chi connectivity index (χ4v) is 3.00. The zero-order chi connectivity index (χ0) is 17.1. The first kappa shape index (κ1) is 15.4. The maximum Gasteiger partial charge on any atom is 0.318 e. The first-order chi connectivity index (χ1) is 12.3. The molecule has 4 rings (SSSR count). The molecule has 0 aliphatic carbocycles. The van der Waals surface area contributed by atoms with Crippen LogP contribution in [0.5, 0.6) is 0 Å². The lowest BCUT2D eigenvalue weighted by Crippen LogP contribution is -2.49. The average molecular weight is 333 g/mol. The standard InChI is InChI=1S/C19H19N5O/c25-19(24-10-8-17(24)16-4-2-1-3-5-16)22-13-15-6-7-18(21-12-15)23-11-9-20-14-23/h1-7,9,11-12,14,17H,8,10,13H2,(H,22,25). The van der Waals surface area contributed by atoms with E-state index in [1.54, 1.807) is 18.7 Å². The summed E-state index contributed by atoms with van der Waals surface area (Å²) in [6.07, 6.45) is 8.06. The van der Waals surface area contributed by atoms with Crippen LogP contribution in [0.1, 0.15) is 23.6 Å². The molecule has 3 heterocycles. The van der Waals surface area contributed by atoms with E-state index in [0.717, 1.165) is 24.3 Å². The van der Waals surface area contributed by atoms with Crippen molar-refractivity contribution in [1.29, 1.82) is 0 Å². The summed E-state index contributed by atoms with van der Waals surface area (Å²) < 4.78 is 1.84. The smallest absolute Gasteiger partial charge is 0.318 e. The van der Waals surface area contributed by atoms with Crippen molar-refractivity contribution in [3.05, 3.63) is 78.5 Å². The number of carbonyl (C=O) groups excluding carboxylic acids is 1. The van der Waals surface area contributed by atoms with E-state index >= 15 is 0 Å². The molecule has 2 aromatic heterocycles. The minimum Gasteiger partial charge on any atom is -0.334 e. The lowest BCUT2D eigenvalue weighted by molar-refractivity contribution is 0.115. The Morgan fingerprint density at radius 3 is 2.72 bits per heavy atom. The van der Waals surface area contributed by atoms with Crippen molar-refractivity contribution in [3.63, 3.8) is 0 Å². The Bertz CT molecular complexity index is 830. The summed E-state index contributed by atoms with van der Waals surface area (Å²) in [5, 5.41) is 2.98. The summed E-state index contributed by atoms with van der Waals surface area (Å²) in [4.78, 5) is 22.7. The highest BCUT2D eigenvalue weighted by Gasteiger charge is 2.32. The molecule has 2 amide bonds. The van der Waals surface area contributed by atoms with E-state index in [-0.39, 0.29) is 12.1 Å². The molecule has 0 spiro atoms. The van der Waals surface area contributed by atoms with Crippen LogP contribution in [0.3, 0.4) is 0 Å². The van der Waals surface area contributed by atoms with Gasteiger partial charge < -0.3 is 10.2 Å². The van der Waals surface area contributed by atoms with Gasteiger partial charge in [-0.2, -0.15) is 0 Å². The molecule has 1 N–H and O–H groups in total. The number of amides is 2. The van der Waals surface area contributed by atoms with Crippen LogP contribution in [0.25, 0.3) is 5.82 Å². The van der Waals surface area contributed by atoms with Crippen molar-refractivity contribution < 1.29 is 4.79 Å². The second kappa shape index (κ2) is 6.76. The number of imidazole rings is 1. The van der Waals surface area contributed by atoms with Crippen molar-refractivity contribution in [1.82, 2.24) is 24.8 Å². The second-order valence-corrected chi connectivity index (χ2v) is 6.06. The number of nitrogens with zero attached hydrogens (tertiary/aromatic N) is 4. The number of pyridine rings is 1. The molecule has 1 aromatic carbocycles. The summed E-state index contributed by atoms with van der Waals surface area (Å²) in [5.74, 6) is 0.805. The maximum absolute atomic E-state index is 12.4. The van der Waals surface area contributed by atoms with Gasteiger partial charge in [0.1, 0.15) is 12.1 Å². The molecule has 6 heteroatoms. The van der Waals surface area contributed by atoms with Gasteiger partial charge in [-0.05, 0) is 23.6 Å². The summed E-state index contributed by atoms with van der Waals surface area (Å²) in [6, 6.07) is 14.2. The van der Waals surface area contributed by atoms with Crippen LogP contribution in [-0.2, 0) is 6.54 Å². The minimum atomic E-state index is -0.0289. The quantitative estimate of drug-likeness (QED) is 0.798. The Labute approximate surface area is 146 Å². The van der Waals surface area contributed by atoms with E-state index in [0.29, 0.717) is 6.54 Å². The molecule has 1 unspecified atom stereocenters. The van der Waals surface area contributed by atoms with Crippen LogP contribution < -0.4 is 5.32 Å². The summed E-state index contributed by atoms with van der Waals surface area (Å²) in [5.41, 5.74) is 2.16. The van der Waals surface area contributed by atoms with Gasteiger partial charge in [-0.3, -0.25) is 4.57 Å². The van der Waals surface area contributed by atoms with Crippen LogP contribution in [0.4, 0.5) is 4.79 Å². The van der Waals surface area contributed by atoms with E-state index in [9.17, 15) is 4.79 Å². The number of nitrogens with one attached hydrogen (secondary N) is 1. The number of likely N-dealkylation sites (tertiary alicyclic amines) is 1. The summed E-state index contributed by atoms with van der Waals surface area (Å²) in [6.45, 7) is 1.26. The molecule has 1 saturated heterocycles. The first-order valence-corrected chi connectivity index (χ1v) is 8.34. The molecule has 126 valence electrons. The number of benzene rings is 1. The van der Waals surface area contributed by atoms with E-state index in [1.807, 2.05) is 46.0 Å². The molecule has 0 bridgehead atoms. The molecular formula is C19H19N5O. The van der Waals surface area contributed by atoms with Crippen molar-refractivity contribution in [2.24, 2.45) is 0 Å². The number of aromatic nitrogens is 3. The SMILES string of the molecule is O=C(NCc1ccc(-n2ccnc2)nc1)N1CCC1c1ccccc1. The average Bonchev–Trinajstić information content (AvgIpc) is 3.15. The first-order valence-electron chi connectivity index (χ1n) is 8.34.